The maximum atomic E-state index is 12.4. The summed E-state index contributed by atoms with van der Waals surface area (Å²) in [7, 11) is 0. The van der Waals surface area contributed by atoms with Gasteiger partial charge in [0.05, 0.1) is 5.69 Å². The van der Waals surface area contributed by atoms with Gasteiger partial charge < -0.3 is 4.74 Å². The summed E-state index contributed by atoms with van der Waals surface area (Å²) in [6, 6.07) is 9.97. The Morgan fingerprint density at radius 2 is 1.93 bits per heavy atom. The fourth-order valence-corrected chi connectivity index (χ4v) is 5.12. The zero-order valence-electron chi connectivity index (χ0n) is 16.4. The SMILES string of the molecule is Cc1ccc(-c2csc(NC(=O)C(C)OC(=O)c3cc4c(s3)CCCC4)n2)cc1. The smallest absolute Gasteiger partial charge is 0.349 e. The molecule has 150 valence electrons. The van der Waals surface area contributed by atoms with Gasteiger partial charge in [0.15, 0.2) is 11.2 Å². The number of ether oxygens (including phenoxy) is 1. The van der Waals surface area contributed by atoms with Crippen molar-refractivity contribution in [2.45, 2.75) is 45.6 Å². The minimum atomic E-state index is -0.895. The van der Waals surface area contributed by atoms with Crippen molar-refractivity contribution >= 4 is 39.7 Å². The predicted molar refractivity (Wildman–Crippen MR) is 117 cm³/mol. The van der Waals surface area contributed by atoms with Gasteiger partial charge in [-0.1, -0.05) is 29.8 Å². The average Bonchev–Trinajstić information content (AvgIpc) is 3.35. The number of nitrogens with zero attached hydrogens (tertiary/aromatic N) is 1. The Hall–Kier alpha value is -2.51. The van der Waals surface area contributed by atoms with Crippen molar-refractivity contribution in [3.8, 4) is 11.3 Å². The Morgan fingerprint density at radius 1 is 1.17 bits per heavy atom. The quantitative estimate of drug-likeness (QED) is 0.566. The second kappa shape index (κ2) is 8.47. The Kier molecular flexibility index (Phi) is 5.78. The van der Waals surface area contributed by atoms with Crippen molar-refractivity contribution in [2.24, 2.45) is 0 Å². The lowest BCUT2D eigenvalue weighted by molar-refractivity contribution is -0.123. The molecule has 4 rings (SSSR count). The summed E-state index contributed by atoms with van der Waals surface area (Å²) in [4.78, 5) is 31.2. The number of anilines is 1. The highest BCUT2D eigenvalue weighted by Gasteiger charge is 2.23. The summed E-state index contributed by atoms with van der Waals surface area (Å²) in [6.07, 6.45) is 3.47. The fourth-order valence-electron chi connectivity index (χ4n) is 3.26. The highest BCUT2D eigenvalue weighted by Crippen LogP contribution is 2.30. The second-order valence-corrected chi connectivity index (χ2v) is 9.20. The predicted octanol–water partition coefficient (Wildman–Crippen LogP) is 5.24. The van der Waals surface area contributed by atoms with Crippen LogP contribution in [-0.4, -0.2) is 23.0 Å². The number of hydrogen-bond acceptors (Lipinski definition) is 6. The normalized spacial score (nSPS) is 14.1. The van der Waals surface area contributed by atoms with Crippen molar-refractivity contribution in [3.05, 3.63) is 56.6 Å². The first-order valence-corrected chi connectivity index (χ1v) is 11.4. The lowest BCUT2D eigenvalue weighted by atomic mass is 9.99. The molecule has 0 radical (unpaired) electrons. The van der Waals surface area contributed by atoms with E-state index < -0.39 is 12.1 Å². The zero-order chi connectivity index (χ0) is 20.4. The van der Waals surface area contributed by atoms with Crippen LogP contribution in [0.3, 0.4) is 0 Å². The molecule has 1 atom stereocenters. The van der Waals surface area contributed by atoms with Crippen molar-refractivity contribution < 1.29 is 14.3 Å². The van der Waals surface area contributed by atoms with Crippen LogP contribution < -0.4 is 5.32 Å². The van der Waals surface area contributed by atoms with Crippen LogP contribution in [0.1, 0.15) is 45.4 Å². The maximum Gasteiger partial charge on any atom is 0.349 e. The number of esters is 1. The van der Waals surface area contributed by atoms with Gasteiger partial charge >= 0.3 is 5.97 Å². The summed E-state index contributed by atoms with van der Waals surface area (Å²) in [6.45, 7) is 3.61. The van der Waals surface area contributed by atoms with E-state index in [1.165, 1.54) is 45.1 Å². The molecule has 29 heavy (non-hydrogen) atoms. The first kappa shape index (κ1) is 19.8. The molecule has 1 unspecified atom stereocenters. The van der Waals surface area contributed by atoms with E-state index in [-0.39, 0.29) is 5.91 Å². The Morgan fingerprint density at radius 3 is 2.69 bits per heavy atom. The average molecular weight is 427 g/mol. The number of fused-ring (bicyclic) bond motifs is 1. The third-order valence-electron chi connectivity index (χ3n) is 4.93. The Balaban J connectivity index is 1.36. The first-order valence-electron chi connectivity index (χ1n) is 9.65. The molecule has 7 heteroatoms. The Bertz CT molecular complexity index is 1010. The van der Waals surface area contributed by atoms with Gasteiger partial charge in [0.1, 0.15) is 4.88 Å². The maximum absolute atomic E-state index is 12.4. The summed E-state index contributed by atoms with van der Waals surface area (Å²) >= 11 is 2.83. The fraction of sp³-hybridized carbons (Fsp3) is 0.318. The van der Waals surface area contributed by atoms with E-state index in [9.17, 15) is 9.59 Å². The van der Waals surface area contributed by atoms with Crippen molar-refractivity contribution in [3.63, 3.8) is 0 Å². The summed E-state index contributed by atoms with van der Waals surface area (Å²) in [5.74, 6) is -0.823. The molecule has 1 aromatic carbocycles. The van der Waals surface area contributed by atoms with E-state index in [1.54, 1.807) is 6.92 Å². The highest BCUT2D eigenvalue weighted by molar-refractivity contribution is 7.14. The molecule has 0 spiro atoms. The van der Waals surface area contributed by atoms with Gasteiger partial charge in [0, 0.05) is 15.8 Å². The molecule has 1 N–H and O–H groups in total. The van der Waals surface area contributed by atoms with Crippen LogP contribution in [0.25, 0.3) is 11.3 Å². The van der Waals surface area contributed by atoms with Crippen LogP contribution in [0.2, 0.25) is 0 Å². The largest absolute Gasteiger partial charge is 0.448 e. The molecule has 3 aromatic rings. The number of amides is 1. The van der Waals surface area contributed by atoms with Crippen molar-refractivity contribution in [1.29, 1.82) is 0 Å². The van der Waals surface area contributed by atoms with Gasteiger partial charge in [-0.2, -0.15) is 0 Å². The van der Waals surface area contributed by atoms with Crippen LogP contribution in [0.5, 0.6) is 0 Å². The standard InChI is InChI=1S/C22H22N2O3S2/c1-13-7-9-15(10-8-13)17-12-28-22(23-17)24-20(25)14(2)27-21(26)19-11-16-5-3-4-6-18(16)29-19/h7-12,14H,3-6H2,1-2H3,(H,23,24,25). The molecular weight excluding hydrogens is 404 g/mol. The lowest BCUT2D eigenvalue weighted by Gasteiger charge is -2.11. The van der Waals surface area contributed by atoms with Crippen molar-refractivity contribution in [2.75, 3.05) is 5.32 Å². The number of benzene rings is 1. The number of rotatable bonds is 5. The van der Waals surface area contributed by atoms with Gasteiger partial charge in [-0.25, -0.2) is 9.78 Å². The molecule has 0 saturated heterocycles. The third-order valence-corrected chi connectivity index (χ3v) is 6.91. The second-order valence-electron chi connectivity index (χ2n) is 7.21. The third kappa shape index (κ3) is 4.57. The van der Waals surface area contributed by atoms with E-state index in [0.717, 1.165) is 30.5 Å². The molecule has 1 amide bonds. The molecule has 0 bridgehead atoms. The monoisotopic (exact) mass is 426 g/mol. The van der Waals surface area contributed by atoms with Crippen molar-refractivity contribution in [1.82, 2.24) is 4.98 Å². The molecule has 0 fully saturated rings. The number of thiophene rings is 1. The van der Waals surface area contributed by atoms with Crippen LogP contribution in [-0.2, 0) is 22.4 Å². The highest BCUT2D eigenvalue weighted by atomic mass is 32.1. The molecular formula is C22H22N2O3S2. The molecule has 1 aliphatic rings. The summed E-state index contributed by atoms with van der Waals surface area (Å²) in [5, 5.41) is 5.13. The molecule has 1 aliphatic carbocycles. The number of aromatic nitrogens is 1. The van der Waals surface area contributed by atoms with Gasteiger partial charge in [-0.05, 0) is 51.2 Å². The van der Waals surface area contributed by atoms with E-state index in [4.69, 9.17) is 4.74 Å². The number of carbonyl (C=O) groups excluding carboxylic acids is 2. The molecule has 2 aromatic heterocycles. The Labute approximate surface area is 177 Å². The minimum Gasteiger partial charge on any atom is -0.448 e. The van der Waals surface area contributed by atoms with E-state index in [2.05, 4.69) is 10.3 Å². The van der Waals surface area contributed by atoms with Gasteiger partial charge in [-0.15, -0.1) is 22.7 Å². The van der Waals surface area contributed by atoms with E-state index >= 15 is 0 Å². The number of nitrogens with one attached hydrogen (secondary N) is 1. The number of aryl methyl sites for hydroxylation is 3. The minimum absolute atomic E-state index is 0.385. The summed E-state index contributed by atoms with van der Waals surface area (Å²) in [5.41, 5.74) is 4.23. The van der Waals surface area contributed by atoms with Gasteiger partial charge in [-0.3, -0.25) is 10.1 Å². The van der Waals surface area contributed by atoms with Crippen LogP contribution in [0.15, 0.2) is 35.7 Å². The van der Waals surface area contributed by atoms with Gasteiger partial charge in [0.2, 0.25) is 0 Å². The number of hydrogen-bond donors (Lipinski definition) is 1. The van der Waals surface area contributed by atoms with Crippen LogP contribution in [0, 0.1) is 6.92 Å². The molecule has 0 saturated carbocycles. The topological polar surface area (TPSA) is 68.3 Å². The molecule has 5 nitrogen and oxygen atoms in total. The van der Waals surface area contributed by atoms with E-state index in [0.29, 0.717) is 10.0 Å². The lowest BCUT2D eigenvalue weighted by Crippen LogP contribution is -2.29. The van der Waals surface area contributed by atoms with Gasteiger partial charge in [0.25, 0.3) is 5.91 Å². The molecule has 2 heterocycles. The number of thiazole rings is 1. The zero-order valence-corrected chi connectivity index (χ0v) is 18.0. The molecule has 0 aliphatic heterocycles. The van der Waals surface area contributed by atoms with Crippen LogP contribution >= 0.6 is 22.7 Å². The number of carbonyl (C=O) groups is 2. The van der Waals surface area contributed by atoms with E-state index in [1.807, 2.05) is 42.6 Å². The first-order chi connectivity index (χ1) is 14.0. The summed E-state index contributed by atoms with van der Waals surface area (Å²) < 4.78 is 5.39. The van der Waals surface area contributed by atoms with Crippen LogP contribution in [0.4, 0.5) is 5.13 Å².